The second-order valence-corrected chi connectivity index (χ2v) is 8.06. The van der Waals surface area contributed by atoms with Gasteiger partial charge in [-0.2, -0.15) is 5.10 Å². The van der Waals surface area contributed by atoms with Gasteiger partial charge in [0, 0.05) is 16.0 Å². The van der Waals surface area contributed by atoms with Crippen LogP contribution in [-0.2, 0) is 0 Å². The number of anilines is 1. The molecule has 0 amide bonds. The van der Waals surface area contributed by atoms with E-state index in [1.165, 1.54) is 11.3 Å². The zero-order chi connectivity index (χ0) is 21.6. The van der Waals surface area contributed by atoms with Crippen molar-refractivity contribution in [3.63, 3.8) is 0 Å². The molecule has 3 aromatic carbocycles. The summed E-state index contributed by atoms with van der Waals surface area (Å²) in [5.41, 5.74) is 5.79. The maximum absolute atomic E-state index is 12.1. The second kappa shape index (κ2) is 9.75. The average Bonchev–Trinajstić information content (AvgIpc) is 3.24. The van der Waals surface area contributed by atoms with E-state index in [9.17, 15) is 4.79 Å². The number of hydrogen-bond acceptors (Lipinski definition) is 6. The van der Waals surface area contributed by atoms with Crippen molar-refractivity contribution in [2.75, 3.05) is 5.43 Å². The zero-order valence-electron chi connectivity index (χ0n) is 16.0. The Bertz CT molecular complexity index is 1230. The van der Waals surface area contributed by atoms with Gasteiger partial charge in [-0.25, -0.2) is 9.78 Å². The van der Waals surface area contributed by atoms with E-state index in [-0.39, 0.29) is 0 Å². The summed E-state index contributed by atoms with van der Waals surface area (Å²) in [5.74, 6) is 0.0624. The van der Waals surface area contributed by atoms with Crippen molar-refractivity contribution >= 4 is 51.9 Å². The molecule has 154 valence electrons. The molecule has 0 aliphatic carbocycles. The molecule has 4 aromatic rings. The van der Waals surface area contributed by atoms with Crippen LogP contribution < -0.4 is 10.2 Å². The van der Waals surface area contributed by atoms with E-state index in [2.05, 4.69) is 15.5 Å². The van der Waals surface area contributed by atoms with Gasteiger partial charge in [-0.1, -0.05) is 41.4 Å². The van der Waals surface area contributed by atoms with Crippen LogP contribution in [-0.4, -0.2) is 17.2 Å². The van der Waals surface area contributed by atoms with Crippen molar-refractivity contribution in [1.29, 1.82) is 0 Å². The van der Waals surface area contributed by atoms with Crippen molar-refractivity contribution in [1.82, 2.24) is 4.98 Å². The van der Waals surface area contributed by atoms with E-state index in [1.807, 2.05) is 17.5 Å². The quantitative estimate of drug-likeness (QED) is 0.147. The highest BCUT2D eigenvalue weighted by Crippen LogP contribution is 2.32. The number of carbonyl (C=O) groups excluding carboxylic acids is 1. The molecule has 0 aliphatic rings. The van der Waals surface area contributed by atoms with Crippen LogP contribution in [0, 0.1) is 0 Å². The highest BCUT2D eigenvalue weighted by atomic mass is 35.5. The largest absolute Gasteiger partial charge is 0.423 e. The first-order valence-electron chi connectivity index (χ1n) is 9.16. The minimum Gasteiger partial charge on any atom is -0.423 e. The molecule has 0 radical (unpaired) electrons. The highest BCUT2D eigenvalue weighted by Gasteiger charge is 2.09. The number of hydrogen-bond donors (Lipinski definition) is 1. The van der Waals surface area contributed by atoms with Crippen molar-refractivity contribution in [3.05, 3.63) is 99.3 Å². The third-order valence-electron chi connectivity index (χ3n) is 4.19. The lowest BCUT2D eigenvalue weighted by Gasteiger charge is -2.04. The molecular weight excluding hydrogens is 453 g/mol. The van der Waals surface area contributed by atoms with Gasteiger partial charge >= 0.3 is 5.97 Å². The molecule has 0 saturated carbocycles. The number of carbonyl (C=O) groups is 1. The molecular formula is C23H15Cl2N3O2S. The Morgan fingerprint density at radius 3 is 2.55 bits per heavy atom. The van der Waals surface area contributed by atoms with Crippen molar-refractivity contribution < 1.29 is 9.53 Å². The summed E-state index contributed by atoms with van der Waals surface area (Å²) in [6.07, 6.45) is 1.65. The lowest BCUT2D eigenvalue weighted by Crippen LogP contribution is -2.08. The van der Waals surface area contributed by atoms with Crippen LogP contribution in [0.25, 0.3) is 11.3 Å². The zero-order valence-corrected chi connectivity index (χ0v) is 18.3. The number of thiazole rings is 1. The van der Waals surface area contributed by atoms with E-state index in [0.29, 0.717) is 26.5 Å². The Labute approximate surface area is 192 Å². The molecule has 0 bridgehead atoms. The number of benzene rings is 3. The molecule has 1 heterocycles. The molecule has 0 atom stereocenters. The van der Waals surface area contributed by atoms with Crippen LogP contribution in [0.3, 0.4) is 0 Å². The van der Waals surface area contributed by atoms with Crippen molar-refractivity contribution in [3.8, 4) is 17.0 Å². The van der Waals surface area contributed by atoms with Gasteiger partial charge in [0.15, 0.2) is 0 Å². The standard InChI is InChI=1S/C23H15Cl2N3O2S/c24-17-8-11-19(20(25)12-17)21-14-31-23(27-21)28-26-13-15-6-9-18(10-7-15)30-22(29)16-4-2-1-3-5-16/h1-14H,(H,27,28)/b26-13-. The fraction of sp³-hybridized carbons (Fsp3) is 0. The van der Waals surface area contributed by atoms with Crippen LogP contribution in [0.4, 0.5) is 5.13 Å². The Kier molecular flexibility index (Phi) is 6.62. The third kappa shape index (κ3) is 5.49. The molecule has 0 fully saturated rings. The highest BCUT2D eigenvalue weighted by molar-refractivity contribution is 7.14. The topological polar surface area (TPSA) is 63.6 Å². The Hall–Kier alpha value is -3.19. The molecule has 1 aromatic heterocycles. The van der Waals surface area contributed by atoms with Crippen LogP contribution in [0.5, 0.6) is 5.75 Å². The van der Waals surface area contributed by atoms with Crippen LogP contribution in [0.2, 0.25) is 10.0 Å². The number of halogens is 2. The fourth-order valence-electron chi connectivity index (χ4n) is 2.67. The average molecular weight is 468 g/mol. The molecule has 0 saturated heterocycles. The van der Waals surface area contributed by atoms with E-state index in [0.717, 1.165) is 16.8 Å². The van der Waals surface area contributed by atoms with E-state index in [4.69, 9.17) is 27.9 Å². The molecule has 0 aliphatic heterocycles. The van der Waals surface area contributed by atoms with Gasteiger partial charge in [0.2, 0.25) is 5.13 Å². The fourth-order valence-corrected chi connectivity index (χ4v) is 3.83. The number of ether oxygens (including phenoxy) is 1. The Morgan fingerprint density at radius 2 is 1.81 bits per heavy atom. The molecule has 1 N–H and O–H groups in total. The maximum Gasteiger partial charge on any atom is 0.343 e. The predicted octanol–water partition coefficient (Wildman–Crippen LogP) is 6.78. The van der Waals surface area contributed by atoms with Gasteiger partial charge in [0.25, 0.3) is 0 Å². The first kappa shape index (κ1) is 21.1. The third-order valence-corrected chi connectivity index (χ3v) is 5.48. The molecule has 31 heavy (non-hydrogen) atoms. The summed E-state index contributed by atoms with van der Waals surface area (Å²) in [6.45, 7) is 0. The van der Waals surface area contributed by atoms with Crippen LogP contribution >= 0.6 is 34.5 Å². The van der Waals surface area contributed by atoms with Gasteiger partial charge in [-0.3, -0.25) is 5.43 Å². The normalized spacial score (nSPS) is 10.9. The number of hydrazone groups is 1. The lowest BCUT2D eigenvalue weighted by molar-refractivity contribution is 0.0735. The molecule has 0 unspecified atom stereocenters. The summed E-state index contributed by atoms with van der Waals surface area (Å²) in [7, 11) is 0. The number of aromatic nitrogens is 1. The summed E-state index contributed by atoms with van der Waals surface area (Å²) in [6, 6.07) is 21.2. The molecule has 0 spiro atoms. The summed E-state index contributed by atoms with van der Waals surface area (Å²) >= 11 is 13.6. The Balaban J connectivity index is 1.35. The van der Waals surface area contributed by atoms with Crippen LogP contribution in [0.15, 0.2) is 83.3 Å². The van der Waals surface area contributed by atoms with Gasteiger partial charge in [0.05, 0.1) is 22.5 Å². The van der Waals surface area contributed by atoms with E-state index < -0.39 is 5.97 Å². The van der Waals surface area contributed by atoms with Gasteiger partial charge in [-0.15, -0.1) is 11.3 Å². The SMILES string of the molecule is O=C(Oc1ccc(/C=N\Nc2nc(-c3ccc(Cl)cc3Cl)cs2)cc1)c1ccccc1. The minimum absolute atomic E-state index is 0.399. The van der Waals surface area contributed by atoms with Crippen LogP contribution in [0.1, 0.15) is 15.9 Å². The summed E-state index contributed by atoms with van der Waals surface area (Å²) in [5, 5.41) is 7.85. The first-order chi connectivity index (χ1) is 15.1. The van der Waals surface area contributed by atoms with Gasteiger partial charge in [0.1, 0.15) is 5.75 Å². The molecule has 8 heteroatoms. The smallest absolute Gasteiger partial charge is 0.343 e. The van der Waals surface area contributed by atoms with Crippen molar-refractivity contribution in [2.45, 2.75) is 0 Å². The number of nitrogens with zero attached hydrogens (tertiary/aromatic N) is 2. The Morgan fingerprint density at radius 1 is 1.03 bits per heavy atom. The number of rotatable bonds is 6. The second-order valence-electron chi connectivity index (χ2n) is 6.36. The lowest BCUT2D eigenvalue weighted by atomic mass is 10.2. The molecule has 5 nitrogen and oxygen atoms in total. The van der Waals surface area contributed by atoms with E-state index >= 15 is 0 Å². The predicted molar refractivity (Wildman–Crippen MR) is 127 cm³/mol. The minimum atomic E-state index is -0.399. The number of nitrogens with one attached hydrogen (secondary N) is 1. The van der Waals surface area contributed by atoms with Gasteiger partial charge < -0.3 is 4.74 Å². The molecule has 4 rings (SSSR count). The van der Waals surface area contributed by atoms with Gasteiger partial charge in [-0.05, 0) is 60.2 Å². The maximum atomic E-state index is 12.1. The van der Waals surface area contributed by atoms with Crippen molar-refractivity contribution in [2.24, 2.45) is 5.10 Å². The first-order valence-corrected chi connectivity index (χ1v) is 10.8. The van der Waals surface area contributed by atoms with E-state index in [1.54, 1.807) is 66.9 Å². The summed E-state index contributed by atoms with van der Waals surface area (Å²) < 4.78 is 5.36. The monoisotopic (exact) mass is 467 g/mol. The number of esters is 1. The summed E-state index contributed by atoms with van der Waals surface area (Å²) in [4.78, 5) is 16.6.